The van der Waals surface area contributed by atoms with E-state index < -0.39 is 0 Å². The van der Waals surface area contributed by atoms with E-state index in [0.29, 0.717) is 0 Å². The Kier molecular flexibility index (Phi) is 2.10. The van der Waals surface area contributed by atoms with Gasteiger partial charge in [-0.15, -0.1) is 11.3 Å². The zero-order chi connectivity index (χ0) is 9.42. The van der Waals surface area contributed by atoms with Crippen molar-refractivity contribution in [2.45, 2.75) is 20.5 Å². The standard InChI is InChI=1S/C11H12OS/c1-7-5-11-9(3-4-13-11)8(2)10(7)6-12/h3-5,12H,6H2,1-2H3. The topological polar surface area (TPSA) is 20.2 Å². The van der Waals surface area contributed by atoms with Crippen molar-refractivity contribution >= 4 is 21.4 Å². The van der Waals surface area contributed by atoms with Crippen LogP contribution in [0.25, 0.3) is 10.1 Å². The first-order valence-corrected chi connectivity index (χ1v) is 5.19. The van der Waals surface area contributed by atoms with E-state index in [1.165, 1.54) is 21.2 Å². The molecule has 0 atom stereocenters. The lowest BCUT2D eigenvalue weighted by atomic mass is 10.0. The van der Waals surface area contributed by atoms with E-state index in [4.69, 9.17) is 0 Å². The third kappa shape index (κ3) is 1.26. The molecule has 0 spiro atoms. The molecule has 0 radical (unpaired) electrons. The number of thiophene rings is 1. The largest absolute Gasteiger partial charge is 0.392 e. The minimum Gasteiger partial charge on any atom is -0.392 e. The number of hydrogen-bond donors (Lipinski definition) is 1. The number of aryl methyl sites for hydroxylation is 2. The highest BCUT2D eigenvalue weighted by molar-refractivity contribution is 7.17. The molecule has 2 aromatic rings. The third-order valence-electron chi connectivity index (χ3n) is 2.53. The summed E-state index contributed by atoms with van der Waals surface area (Å²) in [5, 5.41) is 12.6. The fourth-order valence-corrected chi connectivity index (χ4v) is 2.67. The molecule has 13 heavy (non-hydrogen) atoms. The summed E-state index contributed by atoms with van der Waals surface area (Å²) in [6.07, 6.45) is 0. The van der Waals surface area contributed by atoms with Gasteiger partial charge in [0.1, 0.15) is 0 Å². The lowest BCUT2D eigenvalue weighted by Gasteiger charge is -2.07. The molecule has 0 fully saturated rings. The molecular formula is C11H12OS. The highest BCUT2D eigenvalue weighted by Crippen LogP contribution is 2.28. The predicted octanol–water partition coefficient (Wildman–Crippen LogP) is 3.01. The summed E-state index contributed by atoms with van der Waals surface area (Å²) in [6.45, 7) is 4.27. The highest BCUT2D eigenvalue weighted by Gasteiger charge is 2.06. The van der Waals surface area contributed by atoms with E-state index in [1.54, 1.807) is 11.3 Å². The summed E-state index contributed by atoms with van der Waals surface area (Å²) in [6, 6.07) is 4.27. The molecule has 0 aliphatic rings. The Bertz CT molecular complexity index is 443. The molecule has 68 valence electrons. The molecular weight excluding hydrogens is 180 g/mol. The molecule has 0 unspecified atom stereocenters. The Hall–Kier alpha value is -0.860. The van der Waals surface area contributed by atoms with Gasteiger partial charge in [-0.1, -0.05) is 0 Å². The van der Waals surface area contributed by atoms with Gasteiger partial charge in [-0.25, -0.2) is 0 Å². The lowest BCUT2D eigenvalue weighted by molar-refractivity contribution is 0.280. The van der Waals surface area contributed by atoms with Gasteiger partial charge in [0, 0.05) is 4.70 Å². The second-order valence-electron chi connectivity index (χ2n) is 3.29. The molecule has 0 bridgehead atoms. The van der Waals surface area contributed by atoms with E-state index in [2.05, 4.69) is 31.4 Å². The average Bonchev–Trinajstić information content (AvgIpc) is 2.53. The Labute approximate surface area is 81.6 Å². The van der Waals surface area contributed by atoms with Crippen molar-refractivity contribution in [2.75, 3.05) is 0 Å². The van der Waals surface area contributed by atoms with Gasteiger partial charge in [-0.3, -0.25) is 0 Å². The van der Waals surface area contributed by atoms with Crippen molar-refractivity contribution in [2.24, 2.45) is 0 Å². The van der Waals surface area contributed by atoms with Crippen LogP contribution in [0, 0.1) is 13.8 Å². The molecule has 0 aliphatic carbocycles. The van der Waals surface area contributed by atoms with E-state index in [-0.39, 0.29) is 6.61 Å². The normalized spacial score (nSPS) is 11.0. The molecule has 1 N–H and O–H groups in total. The van der Waals surface area contributed by atoms with Gasteiger partial charge in [0.05, 0.1) is 6.61 Å². The van der Waals surface area contributed by atoms with Crippen molar-refractivity contribution in [3.05, 3.63) is 34.2 Å². The van der Waals surface area contributed by atoms with Gasteiger partial charge in [0.25, 0.3) is 0 Å². The van der Waals surface area contributed by atoms with Crippen LogP contribution >= 0.6 is 11.3 Å². The van der Waals surface area contributed by atoms with Gasteiger partial charge in [0.2, 0.25) is 0 Å². The van der Waals surface area contributed by atoms with Crippen LogP contribution in [0.2, 0.25) is 0 Å². The second-order valence-corrected chi connectivity index (χ2v) is 4.24. The molecule has 2 rings (SSSR count). The summed E-state index contributed by atoms with van der Waals surface area (Å²) in [7, 11) is 0. The molecule has 0 amide bonds. The molecule has 1 aromatic heterocycles. The number of aliphatic hydroxyl groups is 1. The maximum atomic E-state index is 9.20. The van der Waals surface area contributed by atoms with Crippen LogP contribution in [-0.2, 0) is 6.61 Å². The van der Waals surface area contributed by atoms with Crippen molar-refractivity contribution in [3.8, 4) is 0 Å². The van der Waals surface area contributed by atoms with Crippen LogP contribution in [0.4, 0.5) is 0 Å². The fourth-order valence-electron chi connectivity index (χ4n) is 1.73. The Morgan fingerprint density at radius 1 is 1.38 bits per heavy atom. The summed E-state index contributed by atoms with van der Waals surface area (Å²) >= 11 is 1.75. The number of aliphatic hydroxyl groups excluding tert-OH is 1. The second kappa shape index (κ2) is 3.13. The zero-order valence-corrected chi connectivity index (χ0v) is 8.61. The van der Waals surface area contributed by atoms with Crippen LogP contribution in [0.5, 0.6) is 0 Å². The smallest absolute Gasteiger partial charge is 0.0687 e. The first-order chi connectivity index (χ1) is 6.24. The number of rotatable bonds is 1. The lowest BCUT2D eigenvalue weighted by Crippen LogP contribution is -1.92. The van der Waals surface area contributed by atoms with Gasteiger partial charge >= 0.3 is 0 Å². The van der Waals surface area contributed by atoms with E-state index >= 15 is 0 Å². The summed E-state index contributed by atoms with van der Waals surface area (Å²) < 4.78 is 1.31. The molecule has 1 aromatic carbocycles. The van der Waals surface area contributed by atoms with Crippen molar-refractivity contribution in [1.82, 2.24) is 0 Å². The van der Waals surface area contributed by atoms with Crippen LogP contribution in [-0.4, -0.2) is 5.11 Å². The van der Waals surface area contributed by atoms with Gasteiger partial charge in [-0.05, 0) is 53.4 Å². The number of hydrogen-bond acceptors (Lipinski definition) is 2. The first kappa shape index (κ1) is 8.73. The van der Waals surface area contributed by atoms with Gasteiger partial charge in [0.15, 0.2) is 0 Å². The predicted molar refractivity (Wildman–Crippen MR) is 57.2 cm³/mol. The van der Waals surface area contributed by atoms with Gasteiger partial charge in [-0.2, -0.15) is 0 Å². The van der Waals surface area contributed by atoms with Crippen LogP contribution in [0.1, 0.15) is 16.7 Å². The van der Waals surface area contributed by atoms with Gasteiger partial charge < -0.3 is 5.11 Å². The Balaban J connectivity index is 2.85. The summed E-state index contributed by atoms with van der Waals surface area (Å²) in [5.41, 5.74) is 3.49. The Morgan fingerprint density at radius 3 is 2.85 bits per heavy atom. The zero-order valence-electron chi connectivity index (χ0n) is 7.79. The third-order valence-corrected chi connectivity index (χ3v) is 3.40. The van der Waals surface area contributed by atoms with Crippen LogP contribution in [0.15, 0.2) is 17.5 Å². The maximum Gasteiger partial charge on any atom is 0.0687 e. The maximum absolute atomic E-state index is 9.20. The summed E-state index contributed by atoms with van der Waals surface area (Å²) in [5.74, 6) is 0. The van der Waals surface area contributed by atoms with Crippen molar-refractivity contribution < 1.29 is 5.11 Å². The SMILES string of the molecule is Cc1cc2sccc2c(C)c1CO. The van der Waals surface area contributed by atoms with E-state index in [9.17, 15) is 5.11 Å². The molecule has 0 aliphatic heterocycles. The molecule has 0 saturated heterocycles. The number of fused-ring (bicyclic) bond motifs is 1. The average molecular weight is 192 g/mol. The quantitative estimate of drug-likeness (QED) is 0.736. The summed E-state index contributed by atoms with van der Waals surface area (Å²) in [4.78, 5) is 0. The molecule has 0 saturated carbocycles. The Morgan fingerprint density at radius 2 is 2.15 bits per heavy atom. The van der Waals surface area contributed by atoms with Crippen molar-refractivity contribution in [3.63, 3.8) is 0 Å². The molecule has 1 nitrogen and oxygen atoms in total. The van der Waals surface area contributed by atoms with Crippen molar-refractivity contribution in [1.29, 1.82) is 0 Å². The minimum atomic E-state index is 0.142. The molecule has 2 heteroatoms. The first-order valence-electron chi connectivity index (χ1n) is 4.31. The van der Waals surface area contributed by atoms with E-state index in [1.807, 2.05) is 0 Å². The molecule has 1 heterocycles. The minimum absolute atomic E-state index is 0.142. The number of benzene rings is 1. The van der Waals surface area contributed by atoms with Crippen LogP contribution < -0.4 is 0 Å². The van der Waals surface area contributed by atoms with Crippen LogP contribution in [0.3, 0.4) is 0 Å². The monoisotopic (exact) mass is 192 g/mol. The fraction of sp³-hybridized carbons (Fsp3) is 0.273. The van der Waals surface area contributed by atoms with E-state index in [0.717, 1.165) is 5.56 Å². The highest BCUT2D eigenvalue weighted by atomic mass is 32.1.